The zero-order valence-corrected chi connectivity index (χ0v) is 22.8. The molecule has 0 unspecified atom stereocenters. The fraction of sp³-hybridized carbons (Fsp3) is 0.364. The number of thiophene rings is 1. The Hall–Kier alpha value is -2.45. The molecule has 0 fully saturated rings. The van der Waals surface area contributed by atoms with Crippen LogP contribution in [0.2, 0.25) is 0 Å². The quantitative estimate of drug-likeness (QED) is 0.236. The van der Waals surface area contributed by atoms with E-state index in [4.69, 9.17) is 9.47 Å². The van der Waals surface area contributed by atoms with Crippen molar-refractivity contribution in [1.82, 2.24) is 14.7 Å². The molecule has 13 heteroatoms. The summed E-state index contributed by atoms with van der Waals surface area (Å²) in [5, 5.41) is 17.0. The van der Waals surface area contributed by atoms with Gasteiger partial charge in [-0.15, -0.1) is 11.3 Å². The first-order valence-corrected chi connectivity index (χ1v) is 14.0. The maximum Gasteiger partial charge on any atom is 0.250 e. The van der Waals surface area contributed by atoms with E-state index in [-0.39, 0.29) is 23.4 Å². The lowest BCUT2D eigenvalue weighted by molar-refractivity contribution is 0.281. The van der Waals surface area contributed by atoms with E-state index in [0.717, 1.165) is 16.9 Å². The molecule has 10 nitrogen and oxygen atoms in total. The molecule has 0 bridgehead atoms. The first-order valence-electron chi connectivity index (χ1n) is 10.8. The average molecular weight is 587 g/mol. The third kappa shape index (κ3) is 7.51. The lowest BCUT2D eigenvalue weighted by Gasteiger charge is -2.13. The van der Waals surface area contributed by atoms with Gasteiger partial charge in [-0.05, 0) is 60.0 Å². The molecule has 0 aliphatic carbocycles. The maximum absolute atomic E-state index is 12.8. The van der Waals surface area contributed by atoms with Gasteiger partial charge in [0.05, 0.1) is 30.5 Å². The van der Waals surface area contributed by atoms with Crippen molar-refractivity contribution in [3.8, 4) is 11.5 Å². The van der Waals surface area contributed by atoms with E-state index in [0.29, 0.717) is 46.5 Å². The molecule has 190 valence electrons. The average Bonchev–Trinajstić information content (AvgIpc) is 3.31. The number of rotatable bonds is 13. The molecule has 0 saturated heterocycles. The van der Waals surface area contributed by atoms with Crippen LogP contribution in [-0.2, 0) is 16.4 Å². The molecule has 1 aromatic carbocycles. The van der Waals surface area contributed by atoms with Crippen LogP contribution in [-0.4, -0.2) is 56.4 Å². The van der Waals surface area contributed by atoms with Gasteiger partial charge in [0.15, 0.2) is 11.5 Å². The van der Waals surface area contributed by atoms with Crippen LogP contribution < -0.4 is 24.8 Å². The standard InChI is InChI=1S/C22H28BrN5O5S2/c1-4-33-19-9-15(5-6-18(19)32-3)7-8-25-35(30,31)20-10-16(13-34-20)27-22-24-11-17(23)21(28-22)26-14(2)12-29/h5-6,9-11,13-14,25,29H,4,7-8,12H2,1-3H3,(H2,24,26,27,28)/t14-/m1/s1. The van der Waals surface area contributed by atoms with Gasteiger partial charge in [-0.1, -0.05) is 6.07 Å². The molecule has 0 spiro atoms. The van der Waals surface area contributed by atoms with Crippen LogP contribution in [0, 0.1) is 0 Å². The number of ether oxygens (including phenoxy) is 2. The number of halogens is 1. The Morgan fingerprint density at radius 1 is 1.26 bits per heavy atom. The second-order valence-corrected chi connectivity index (χ2v) is 11.2. The summed E-state index contributed by atoms with van der Waals surface area (Å²) in [7, 11) is -2.11. The van der Waals surface area contributed by atoms with Crippen LogP contribution in [0.5, 0.6) is 11.5 Å². The smallest absolute Gasteiger partial charge is 0.250 e. The molecule has 2 aromatic heterocycles. The summed E-state index contributed by atoms with van der Waals surface area (Å²) in [6, 6.07) is 6.88. The first kappa shape index (κ1) is 27.1. The fourth-order valence-electron chi connectivity index (χ4n) is 3.01. The van der Waals surface area contributed by atoms with Gasteiger partial charge >= 0.3 is 0 Å². The summed E-state index contributed by atoms with van der Waals surface area (Å²) in [4.78, 5) is 8.58. The molecule has 35 heavy (non-hydrogen) atoms. The number of hydrogen-bond acceptors (Lipinski definition) is 10. The van der Waals surface area contributed by atoms with Crippen molar-refractivity contribution in [3.05, 3.63) is 45.9 Å². The molecular formula is C22H28BrN5O5S2. The molecule has 0 radical (unpaired) electrons. The highest BCUT2D eigenvalue weighted by Crippen LogP contribution is 2.29. The lowest BCUT2D eigenvalue weighted by atomic mass is 10.1. The number of sulfonamides is 1. The number of nitrogens with zero attached hydrogens (tertiary/aromatic N) is 2. The Balaban J connectivity index is 1.62. The minimum atomic E-state index is -3.69. The number of nitrogens with one attached hydrogen (secondary N) is 3. The molecule has 3 aromatic rings. The summed E-state index contributed by atoms with van der Waals surface area (Å²) < 4.78 is 39.9. The minimum Gasteiger partial charge on any atom is -0.493 e. The molecule has 0 aliphatic heterocycles. The highest BCUT2D eigenvalue weighted by atomic mass is 79.9. The molecule has 4 N–H and O–H groups in total. The van der Waals surface area contributed by atoms with Crippen molar-refractivity contribution < 1.29 is 23.0 Å². The second-order valence-electron chi connectivity index (χ2n) is 7.46. The van der Waals surface area contributed by atoms with Gasteiger partial charge < -0.3 is 25.2 Å². The Labute approximate surface area is 217 Å². The third-order valence-corrected chi connectivity index (χ3v) is 8.21. The number of aliphatic hydroxyl groups excluding tert-OH is 1. The van der Waals surface area contributed by atoms with E-state index in [1.807, 2.05) is 32.0 Å². The number of benzene rings is 1. The summed E-state index contributed by atoms with van der Waals surface area (Å²) >= 11 is 4.46. The van der Waals surface area contributed by atoms with E-state index in [2.05, 4.69) is 41.3 Å². The highest BCUT2D eigenvalue weighted by Gasteiger charge is 2.17. The Morgan fingerprint density at radius 2 is 2.06 bits per heavy atom. The molecular weight excluding hydrogens is 558 g/mol. The normalized spacial score (nSPS) is 12.3. The number of methoxy groups -OCH3 is 1. The van der Waals surface area contributed by atoms with Crippen LogP contribution >= 0.6 is 27.3 Å². The van der Waals surface area contributed by atoms with Crippen molar-refractivity contribution in [2.45, 2.75) is 30.5 Å². The summed E-state index contributed by atoms with van der Waals surface area (Å²) in [5.41, 5.74) is 1.48. The second kappa shape index (κ2) is 12.5. The van der Waals surface area contributed by atoms with Crippen LogP contribution in [0.1, 0.15) is 19.4 Å². The topological polar surface area (TPSA) is 135 Å². The third-order valence-electron chi connectivity index (χ3n) is 4.73. The summed E-state index contributed by atoms with van der Waals surface area (Å²) in [6.07, 6.45) is 2.07. The monoisotopic (exact) mass is 585 g/mol. The van der Waals surface area contributed by atoms with E-state index in [9.17, 15) is 13.5 Å². The number of anilines is 3. The van der Waals surface area contributed by atoms with Gasteiger partial charge in [0.1, 0.15) is 10.0 Å². The molecule has 0 amide bonds. The van der Waals surface area contributed by atoms with Gasteiger partial charge in [0.25, 0.3) is 0 Å². The van der Waals surface area contributed by atoms with Crippen molar-refractivity contribution in [2.24, 2.45) is 0 Å². The van der Waals surface area contributed by atoms with Crippen LogP contribution in [0.3, 0.4) is 0 Å². The van der Waals surface area contributed by atoms with Crippen molar-refractivity contribution in [2.75, 3.05) is 37.5 Å². The van der Waals surface area contributed by atoms with Crippen LogP contribution in [0.4, 0.5) is 17.5 Å². The van der Waals surface area contributed by atoms with Crippen LogP contribution in [0.25, 0.3) is 0 Å². The first-order chi connectivity index (χ1) is 16.7. The van der Waals surface area contributed by atoms with E-state index in [1.165, 1.54) is 6.07 Å². The van der Waals surface area contributed by atoms with E-state index < -0.39 is 10.0 Å². The Morgan fingerprint density at radius 3 is 2.77 bits per heavy atom. The summed E-state index contributed by atoms with van der Waals surface area (Å²) in [6.45, 7) is 4.39. The maximum atomic E-state index is 12.8. The minimum absolute atomic E-state index is 0.0515. The summed E-state index contributed by atoms with van der Waals surface area (Å²) in [5.74, 6) is 2.07. The number of hydrogen-bond donors (Lipinski definition) is 4. The number of aliphatic hydroxyl groups is 1. The van der Waals surface area contributed by atoms with E-state index >= 15 is 0 Å². The Bertz CT molecular complexity index is 1240. The Kier molecular flexibility index (Phi) is 9.69. The molecule has 0 aliphatic rings. The fourth-order valence-corrected chi connectivity index (χ4v) is 5.50. The van der Waals surface area contributed by atoms with Gasteiger partial charge in [-0.25, -0.2) is 18.1 Å². The van der Waals surface area contributed by atoms with Gasteiger partial charge in [-0.3, -0.25) is 0 Å². The predicted molar refractivity (Wildman–Crippen MR) is 141 cm³/mol. The van der Waals surface area contributed by atoms with Crippen molar-refractivity contribution in [1.29, 1.82) is 0 Å². The zero-order valence-electron chi connectivity index (χ0n) is 19.5. The number of aromatic nitrogens is 2. The largest absolute Gasteiger partial charge is 0.493 e. The molecule has 2 heterocycles. The highest BCUT2D eigenvalue weighted by molar-refractivity contribution is 9.10. The van der Waals surface area contributed by atoms with Crippen molar-refractivity contribution in [3.63, 3.8) is 0 Å². The van der Waals surface area contributed by atoms with Crippen molar-refractivity contribution >= 4 is 54.7 Å². The molecule has 3 rings (SSSR count). The molecule has 0 saturated carbocycles. The van der Waals surface area contributed by atoms with E-state index in [1.54, 1.807) is 18.7 Å². The van der Waals surface area contributed by atoms with Crippen LogP contribution in [0.15, 0.2) is 44.5 Å². The lowest BCUT2D eigenvalue weighted by Crippen LogP contribution is -2.25. The van der Waals surface area contributed by atoms with Gasteiger partial charge in [0, 0.05) is 24.2 Å². The molecule has 1 atom stereocenters. The predicted octanol–water partition coefficient (Wildman–Crippen LogP) is 3.77. The van der Waals surface area contributed by atoms with Gasteiger partial charge in [-0.2, -0.15) is 4.98 Å². The zero-order chi connectivity index (χ0) is 25.4. The SMILES string of the molecule is CCOc1cc(CCNS(=O)(=O)c2cc(Nc3ncc(Br)c(N[C@H](C)CO)n3)cs2)ccc1OC. The van der Waals surface area contributed by atoms with Gasteiger partial charge in [0.2, 0.25) is 16.0 Å².